The van der Waals surface area contributed by atoms with Gasteiger partial charge in [0.15, 0.2) is 18.5 Å². The molecule has 324 valence electrons. The summed E-state index contributed by atoms with van der Waals surface area (Å²) in [5.41, 5.74) is 0. The van der Waals surface area contributed by atoms with Crippen molar-refractivity contribution in [3.8, 4) is 0 Å². The molecule has 0 aromatic heterocycles. The quantitative estimate of drug-likeness (QED) is 0.0278. The molecule has 1 heterocycles. The van der Waals surface area contributed by atoms with Gasteiger partial charge in [-0.05, 0) is 83.5 Å². The van der Waals surface area contributed by atoms with Gasteiger partial charge in [0.25, 0.3) is 0 Å². The number of esters is 2. The Labute approximate surface area is 342 Å². The van der Waals surface area contributed by atoms with Crippen LogP contribution in [0.3, 0.4) is 0 Å². The first-order valence-electron chi connectivity index (χ1n) is 21.5. The molecule has 11 nitrogen and oxygen atoms in total. The van der Waals surface area contributed by atoms with Crippen molar-refractivity contribution in [1.29, 1.82) is 0 Å². The van der Waals surface area contributed by atoms with Gasteiger partial charge in [-0.15, -0.1) is 0 Å². The van der Waals surface area contributed by atoms with Crippen LogP contribution in [0.2, 0.25) is 0 Å². The lowest BCUT2D eigenvalue weighted by molar-refractivity contribution is -0.298. The van der Waals surface area contributed by atoms with Crippen LogP contribution >= 0.6 is 0 Å². The fourth-order valence-corrected chi connectivity index (χ4v) is 5.90. The molecular weight excluding hydrogens is 728 g/mol. The summed E-state index contributed by atoms with van der Waals surface area (Å²) in [5.74, 6) is -2.51. The van der Waals surface area contributed by atoms with Crippen LogP contribution in [0.5, 0.6) is 0 Å². The Morgan fingerprint density at radius 3 is 1.60 bits per heavy atom. The van der Waals surface area contributed by atoms with E-state index in [0.717, 1.165) is 89.9 Å². The van der Waals surface area contributed by atoms with Crippen LogP contribution in [0.25, 0.3) is 0 Å². The third-order valence-corrected chi connectivity index (χ3v) is 9.29. The summed E-state index contributed by atoms with van der Waals surface area (Å²) < 4.78 is 21.6. The van der Waals surface area contributed by atoms with Crippen LogP contribution in [-0.2, 0) is 33.3 Å². The first-order chi connectivity index (χ1) is 27.7. The zero-order chi connectivity index (χ0) is 41.8. The molecule has 11 heteroatoms. The van der Waals surface area contributed by atoms with Gasteiger partial charge in [-0.2, -0.15) is 0 Å². The number of carboxylic acid groups (broad SMARTS) is 1. The van der Waals surface area contributed by atoms with Crippen molar-refractivity contribution in [3.63, 3.8) is 0 Å². The maximum absolute atomic E-state index is 12.7. The first-order valence-corrected chi connectivity index (χ1v) is 21.5. The summed E-state index contributed by atoms with van der Waals surface area (Å²) in [4.78, 5) is 36.7. The van der Waals surface area contributed by atoms with E-state index in [-0.39, 0.29) is 19.4 Å². The third-order valence-electron chi connectivity index (χ3n) is 9.29. The zero-order valence-electron chi connectivity index (χ0n) is 34.8. The lowest BCUT2D eigenvalue weighted by Crippen LogP contribution is -2.60. The molecule has 4 N–H and O–H groups in total. The van der Waals surface area contributed by atoms with E-state index < -0.39 is 61.3 Å². The van der Waals surface area contributed by atoms with Gasteiger partial charge >= 0.3 is 17.9 Å². The maximum Gasteiger partial charge on any atom is 0.335 e. The van der Waals surface area contributed by atoms with Gasteiger partial charge in [-0.25, -0.2) is 4.79 Å². The highest BCUT2D eigenvalue weighted by molar-refractivity contribution is 5.73. The van der Waals surface area contributed by atoms with Gasteiger partial charge in [0.05, 0.1) is 6.61 Å². The zero-order valence-corrected chi connectivity index (χ0v) is 34.8. The van der Waals surface area contributed by atoms with Crippen LogP contribution in [0, 0.1) is 0 Å². The average molecular weight is 803 g/mol. The summed E-state index contributed by atoms with van der Waals surface area (Å²) in [6, 6.07) is 0. The van der Waals surface area contributed by atoms with E-state index in [1.807, 2.05) is 0 Å². The minimum absolute atomic E-state index is 0.161. The number of ether oxygens (including phenoxy) is 4. The van der Waals surface area contributed by atoms with Crippen LogP contribution < -0.4 is 0 Å². The minimum Gasteiger partial charge on any atom is -0.479 e. The standard InChI is InChI=1S/C46H74O11/c1-3-5-7-9-11-13-15-17-18-19-20-21-22-23-25-26-28-30-32-34-39(47)54-36-38(37-55-46-43(51)41(49)42(50)44(57-46)45(52)53)56-40(48)35-33-31-29-27-24-16-14-12-10-8-6-4-2/h5,7,11-14,17-18,20-21,23,25,38,41-44,46,49-51H,3-4,6,8-10,15-16,19,22,24,26-37H2,1-2H3,(H,52,53)/b7-5-,13-11-,14-12-,18-17-,21-20-,25-23-. The molecule has 57 heavy (non-hydrogen) atoms. The Morgan fingerprint density at radius 1 is 0.561 bits per heavy atom. The number of unbranched alkanes of at least 4 members (excludes halogenated alkanes) is 11. The SMILES string of the molecule is CC/C=C\C/C=C\C/C=C\C/C=C\C/C=C\CCCCCC(=O)OCC(COC1OC(C(=O)O)C(O)C(O)C1O)OC(=O)CCCCCCC/C=C\CCCCC. The maximum atomic E-state index is 12.7. The predicted octanol–water partition coefficient (Wildman–Crippen LogP) is 8.92. The van der Waals surface area contributed by atoms with Crippen molar-refractivity contribution in [1.82, 2.24) is 0 Å². The van der Waals surface area contributed by atoms with Gasteiger partial charge in [-0.1, -0.05) is 125 Å². The molecule has 1 aliphatic rings. The van der Waals surface area contributed by atoms with Crippen molar-refractivity contribution in [2.24, 2.45) is 0 Å². The first kappa shape index (κ1) is 51.7. The van der Waals surface area contributed by atoms with Crippen molar-refractivity contribution in [3.05, 3.63) is 72.9 Å². The summed E-state index contributed by atoms with van der Waals surface area (Å²) >= 11 is 0. The number of allylic oxidation sites excluding steroid dienone is 12. The van der Waals surface area contributed by atoms with Crippen molar-refractivity contribution >= 4 is 17.9 Å². The summed E-state index contributed by atoms with van der Waals surface area (Å²) in [6.07, 6.45) is 35.3. The van der Waals surface area contributed by atoms with E-state index >= 15 is 0 Å². The molecule has 0 aromatic rings. The van der Waals surface area contributed by atoms with Crippen LogP contribution in [-0.4, -0.2) is 88.4 Å². The van der Waals surface area contributed by atoms with Gasteiger partial charge in [-0.3, -0.25) is 9.59 Å². The molecule has 0 radical (unpaired) electrons. The fraction of sp³-hybridized carbons (Fsp3) is 0.674. The van der Waals surface area contributed by atoms with E-state index in [4.69, 9.17) is 18.9 Å². The topological polar surface area (TPSA) is 169 Å². The Balaban J connectivity index is 2.42. The summed E-state index contributed by atoms with van der Waals surface area (Å²) in [7, 11) is 0. The minimum atomic E-state index is -1.87. The highest BCUT2D eigenvalue weighted by Crippen LogP contribution is 2.23. The molecule has 1 aliphatic heterocycles. The number of aliphatic carboxylic acids is 1. The predicted molar refractivity (Wildman–Crippen MR) is 224 cm³/mol. The van der Waals surface area contributed by atoms with E-state index in [1.54, 1.807) is 0 Å². The molecule has 6 atom stereocenters. The Hall–Kier alpha value is -3.35. The smallest absolute Gasteiger partial charge is 0.335 e. The highest BCUT2D eigenvalue weighted by atomic mass is 16.7. The Bertz CT molecular complexity index is 1220. The second-order valence-electron chi connectivity index (χ2n) is 14.4. The average Bonchev–Trinajstić information content (AvgIpc) is 3.19. The van der Waals surface area contributed by atoms with Gasteiger partial charge in [0.1, 0.15) is 24.9 Å². The number of aliphatic hydroxyl groups excluding tert-OH is 3. The van der Waals surface area contributed by atoms with E-state index in [9.17, 15) is 34.8 Å². The molecule has 0 amide bonds. The Kier molecular flexibility index (Phi) is 32.4. The molecule has 6 unspecified atom stereocenters. The van der Waals surface area contributed by atoms with Crippen LogP contribution in [0.15, 0.2) is 72.9 Å². The number of hydrogen-bond donors (Lipinski definition) is 4. The third kappa shape index (κ3) is 27.8. The van der Waals surface area contributed by atoms with E-state index in [1.165, 1.54) is 19.3 Å². The lowest BCUT2D eigenvalue weighted by Gasteiger charge is -2.38. The summed E-state index contributed by atoms with van der Waals surface area (Å²) in [5, 5.41) is 39.7. The van der Waals surface area contributed by atoms with Crippen LogP contribution in [0.4, 0.5) is 0 Å². The largest absolute Gasteiger partial charge is 0.479 e. The van der Waals surface area contributed by atoms with Gasteiger partial charge in [0, 0.05) is 12.8 Å². The number of rotatable bonds is 34. The summed E-state index contributed by atoms with van der Waals surface area (Å²) in [6.45, 7) is 3.61. The number of carbonyl (C=O) groups excluding carboxylic acids is 2. The molecule has 1 rings (SSSR count). The Morgan fingerprint density at radius 2 is 1.04 bits per heavy atom. The van der Waals surface area contributed by atoms with Crippen LogP contribution in [0.1, 0.15) is 149 Å². The highest BCUT2D eigenvalue weighted by Gasteiger charge is 2.47. The normalized spacial score (nSPS) is 20.9. The van der Waals surface area contributed by atoms with Gasteiger partial charge in [0.2, 0.25) is 0 Å². The molecule has 0 saturated carbocycles. The lowest BCUT2D eigenvalue weighted by atomic mass is 9.99. The molecule has 0 aromatic carbocycles. The molecule has 1 saturated heterocycles. The van der Waals surface area contributed by atoms with Crippen molar-refractivity contribution in [2.45, 2.75) is 185 Å². The van der Waals surface area contributed by atoms with Crippen molar-refractivity contribution in [2.75, 3.05) is 13.2 Å². The number of hydrogen-bond acceptors (Lipinski definition) is 10. The fourth-order valence-electron chi connectivity index (χ4n) is 5.90. The number of carboxylic acids is 1. The monoisotopic (exact) mass is 803 g/mol. The number of carbonyl (C=O) groups is 3. The molecular formula is C46H74O11. The van der Waals surface area contributed by atoms with E-state index in [2.05, 4.69) is 86.8 Å². The molecule has 0 spiro atoms. The van der Waals surface area contributed by atoms with Gasteiger partial charge < -0.3 is 39.4 Å². The second-order valence-corrected chi connectivity index (χ2v) is 14.4. The van der Waals surface area contributed by atoms with E-state index in [0.29, 0.717) is 12.8 Å². The molecule has 0 bridgehead atoms. The second kappa shape index (κ2) is 35.8. The number of aliphatic hydroxyl groups is 3. The molecule has 0 aliphatic carbocycles. The molecule has 1 fully saturated rings. The van der Waals surface area contributed by atoms with Crippen molar-refractivity contribution < 1.29 is 53.8 Å².